The Bertz CT molecular complexity index is 947. The molecule has 0 bridgehead atoms. The normalized spacial score (nSPS) is 12.3. The van der Waals surface area contributed by atoms with Gasteiger partial charge >= 0.3 is 19.7 Å². The zero-order valence-electron chi connectivity index (χ0n) is 16.2. The van der Waals surface area contributed by atoms with E-state index in [-0.39, 0.29) is 18.2 Å². The van der Waals surface area contributed by atoms with Crippen molar-refractivity contribution in [3.8, 4) is 11.5 Å². The van der Waals surface area contributed by atoms with Gasteiger partial charge in [0.25, 0.3) is 0 Å². The largest absolute Gasteiger partial charge is 0.817 e. The van der Waals surface area contributed by atoms with Gasteiger partial charge in [0.2, 0.25) is 29.1 Å². The van der Waals surface area contributed by atoms with Gasteiger partial charge in [-0.15, -0.1) is 0 Å². The quantitative estimate of drug-likeness (QED) is 0.114. The van der Waals surface area contributed by atoms with Gasteiger partial charge in [-0.3, -0.25) is 0 Å². The van der Waals surface area contributed by atoms with Crippen LogP contribution in [-0.2, 0) is 22.0 Å². The van der Waals surface area contributed by atoms with Crippen LogP contribution in [0.5, 0.6) is 11.5 Å². The van der Waals surface area contributed by atoms with Crippen molar-refractivity contribution in [2.75, 3.05) is 0 Å². The van der Waals surface area contributed by atoms with E-state index in [1.165, 1.54) is 13.8 Å². The topological polar surface area (TPSA) is 36.9 Å². The molecule has 0 fully saturated rings. The summed E-state index contributed by atoms with van der Waals surface area (Å²) in [5.41, 5.74) is -3.68. The maximum Gasteiger partial charge on any atom is 0.817 e. The lowest BCUT2D eigenvalue weighted by Crippen LogP contribution is -2.36. The molecule has 182 valence electrons. The van der Waals surface area contributed by atoms with Crippen LogP contribution in [0.15, 0.2) is 18.2 Å². The van der Waals surface area contributed by atoms with E-state index >= 15 is 0 Å². The van der Waals surface area contributed by atoms with Crippen LogP contribution in [-0.4, -0.2) is 13.4 Å². The van der Waals surface area contributed by atoms with Crippen molar-refractivity contribution in [2.45, 2.75) is 32.3 Å². The number of halogens is 11. The molecule has 0 N–H and O–H groups in total. The first-order valence-electron chi connectivity index (χ1n) is 8.48. The second-order valence-corrected chi connectivity index (χ2v) is 6.41. The summed E-state index contributed by atoms with van der Waals surface area (Å²) in [6.07, 6.45) is -11.5. The first-order chi connectivity index (χ1) is 15.0. The van der Waals surface area contributed by atoms with E-state index in [4.69, 9.17) is 0 Å². The highest BCUT2D eigenvalue weighted by molar-refractivity contribution is 6.38. The van der Waals surface area contributed by atoms with Crippen molar-refractivity contribution in [3.05, 3.63) is 58.4 Å². The minimum atomic E-state index is -5.29. The summed E-state index contributed by atoms with van der Waals surface area (Å²) in [5, 5.41) is 0. The lowest BCUT2D eigenvalue weighted by atomic mass is 10.1. The van der Waals surface area contributed by atoms with Gasteiger partial charge in [-0.1, -0.05) is 0 Å². The molecule has 0 saturated heterocycles. The average Bonchev–Trinajstić information content (AvgIpc) is 2.70. The smallest absolute Gasteiger partial charge is 0.499 e. The lowest BCUT2D eigenvalue weighted by molar-refractivity contribution is -0.257. The monoisotopic (exact) mass is 498 g/mol. The third-order valence-corrected chi connectivity index (χ3v) is 3.50. The van der Waals surface area contributed by atoms with Crippen LogP contribution in [0.3, 0.4) is 0 Å². The standard InChI is InChI=1S/C17H10BF11O4/c1-6(2)32-33-18(31-15-13(22)11(20)10(19)12(21)14(15)23)30-9-4-7(16(24,25)26)3-8(5-9)17(27,28)29/h3-6H,1-2H3. The predicted octanol–water partition coefficient (Wildman–Crippen LogP) is 6.22. The first-order valence-corrected chi connectivity index (χ1v) is 8.48. The molecular weight excluding hydrogens is 488 g/mol. The Hall–Kier alpha value is -2.75. The van der Waals surface area contributed by atoms with Crippen molar-refractivity contribution in [1.82, 2.24) is 0 Å². The van der Waals surface area contributed by atoms with Gasteiger partial charge in [-0.2, -0.15) is 35.1 Å². The molecule has 0 radical (unpaired) electrons. The van der Waals surface area contributed by atoms with E-state index in [9.17, 15) is 48.3 Å². The van der Waals surface area contributed by atoms with Gasteiger partial charge in [-0.25, -0.2) is 22.9 Å². The Morgan fingerprint density at radius 2 is 1.09 bits per heavy atom. The maximum atomic E-state index is 13.8. The molecule has 2 aromatic carbocycles. The zero-order chi connectivity index (χ0) is 25.3. The molecular formula is C17H10BF11O4. The molecule has 0 aromatic heterocycles. The van der Waals surface area contributed by atoms with Crippen molar-refractivity contribution < 1.29 is 67.3 Å². The van der Waals surface area contributed by atoms with Crippen molar-refractivity contribution in [1.29, 1.82) is 0 Å². The molecule has 0 aliphatic rings. The first kappa shape index (κ1) is 26.5. The SMILES string of the molecule is CC(C)OOB(Oc1cc(C(F)(F)F)cc(C(F)(F)F)c1)Oc1c(F)c(F)c(F)c(F)c1F. The number of rotatable bonds is 7. The molecule has 2 rings (SSSR count). The van der Waals surface area contributed by atoms with Crippen LogP contribution < -0.4 is 9.31 Å². The summed E-state index contributed by atoms with van der Waals surface area (Å²) in [6.45, 7) is 2.59. The Labute approximate surface area is 177 Å². The van der Waals surface area contributed by atoms with E-state index in [2.05, 4.69) is 19.0 Å². The highest BCUT2D eigenvalue weighted by Gasteiger charge is 2.40. The van der Waals surface area contributed by atoms with Crippen LogP contribution in [0, 0.1) is 29.1 Å². The van der Waals surface area contributed by atoms with Gasteiger partial charge in [0.1, 0.15) is 5.75 Å². The second-order valence-electron chi connectivity index (χ2n) is 6.41. The molecule has 0 aliphatic heterocycles. The number of hydrogen-bond acceptors (Lipinski definition) is 4. The fourth-order valence-electron chi connectivity index (χ4n) is 2.11. The van der Waals surface area contributed by atoms with E-state index in [0.717, 1.165) is 0 Å². The van der Waals surface area contributed by atoms with Gasteiger partial charge in [0.15, 0.2) is 5.75 Å². The highest BCUT2D eigenvalue weighted by Crippen LogP contribution is 2.38. The Morgan fingerprint density at radius 1 is 0.667 bits per heavy atom. The molecule has 0 aliphatic carbocycles. The molecule has 0 spiro atoms. The fourth-order valence-corrected chi connectivity index (χ4v) is 2.11. The van der Waals surface area contributed by atoms with Gasteiger partial charge in [0.05, 0.1) is 17.2 Å². The molecule has 0 heterocycles. The Kier molecular flexibility index (Phi) is 7.73. The molecule has 0 atom stereocenters. The van der Waals surface area contributed by atoms with Crippen LogP contribution in [0.25, 0.3) is 0 Å². The van der Waals surface area contributed by atoms with Crippen LogP contribution in [0.4, 0.5) is 48.3 Å². The molecule has 0 unspecified atom stereocenters. The van der Waals surface area contributed by atoms with E-state index in [1.54, 1.807) is 0 Å². The number of benzene rings is 2. The molecule has 0 saturated carbocycles. The van der Waals surface area contributed by atoms with E-state index < -0.39 is 77.5 Å². The fraction of sp³-hybridized carbons (Fsp3) is 0.294. The van der Waals surface area contributed by atoms with Crippen LogP contribution in [0.1, 0.15) is 25.0 Å². The van der Waals surface area contributed by atoms with Crippen molar-refractivity contribution in [2.24, 2.45) is 0 Å². The Balaban J connectivity index is 2.51. The summed E-state index contributed by atoms with van der Waals surface area (Å²) >= 11 is 0. The van der Waals surface area contributed by atoms with E-state index in [0.29, 0.717) is 0 Å². The maximum absolute atomic E-state index is 13.8. The minimum Gasteiger partial charge on any atom is -0.499 e. The second kappa shape index (κ2) is 9.63. The van der Waals surface area contributed by atoms with E-state index in [1.807, 2.05) is 0 Å². The van der Waals surface area contributed by atoms with Gasteiger partial charge < -0.3 is 9.31 Å². The number of alkyl halides is 6. The average molecular weight is 498 g/mol. The van der Waals surface area contributed by atoms with Crippen LogP contribution >= 0.6 is 0 Å². The molecule has 4 nitrogen and oxygen atoms in total. The van der Waals surface area contributed by atoms with Crippen molar-refractivity contribution >= 4 is 7.32 Å². The highest BCUT2D eigenvalue weighted by atomic mass is 19.4. The minimum absolute atomic E-state index is 0.0445. The molecule has 2 aromatic rings. The molecule has 0 amide bonds. The van der Waals surface area contributed by atoms with Gasteiger partial charge in [-0.05, 0) is 32.0 Å². The van der Waals surface area contributed by atoms with Gasteiger partial charge in [0, 0.05) is 0 Å². The summed E-state index contributed by atoms with van der Waals surface area (Å²) < 4.78 is 154. The summed E-state index contributed by atoms with van der Waals surface area (Å²) in [7, 11) is -2.72. The molecule has 16 heteroatoms. The van der Waals surface area contributed by atoms with Crippen LogP contribution in [0.2, 0.25) is 0 Å². The molecule has 33 heavy (non-hydrogen) atoms. The summed E-state index contributed by atoms with van der Waals surface area (Å²) in [4.78, 5) is 8.91. The summed E-state index contributed by atoms with van der Waals surface area (Å²) in [5.74, 6) is -15.7. The summed E-state index contributed by atoms with van der Waals surface area (Å²) in [6, 6.07) is -0.163. The Morgan fingerprint density at radius 3 is 1.48 bits per heavy atom. The predicted molar refractivity (Wildman–Crippen MR) is 87.0 cm³/mol. The third kappa shape index (κ3) is 6.40. The number of hydrogen-bond donors (Lipinski definition) is 0. The van der Waals surface area contributed by atoms with Crippen molar-refractivity contribution in [3.63, 3.8) is 0 Å². The third-order valence-electron chi connectivity index (χ3n) is 3.50. The zero-order valence-corrected chi connectivity index (χ0v) is 16.2. The lowest BCUT2D eigenvalue weighted by Gasteiger charge is -2.19.